The maximum Gasteiger partial charge on any atom is 0.337 e. The van der Waals surface area contributed by atoms with Crippen molar-refractivity contribution < 1.29 is 23.7 Å². The summed E-state index contributed by atoms with van der Waals surface area (Å²) >= 11 is 0. The van der Waals surface area contributed by atoms with Crippen LogP contribution in [0.2, 0.25) is 0 Å². The second-order valence-electron chi connectivity index (χ2n) is 4.40. The maximum atomic E-state index is 11.6. The fraction of sp³-hybridized carbons (Fsp3) is 0.727. The Bertz CT molecular complexity index is 350. The number of carbonyl (C=O) groups excluding carboxylic acids is 1. The van der Waals surface area contributed by atoms with Gasteiger partial charge < -0.3 is 18.9 Å². The number of esters is 1. The van der Waals surface area contributed by atoms with Gasteiger partial charge in [0.1, 0.15) is 0 Å². The molecular formula is C11H14O5. The molecule has 5 heteroatoms. The van der Waals surface area contributed by atoms with Crippen molar-refractivity contribution in [1.29, 1.82) is 0 Å². The van der Waals surface area contributed by atoms with Crippen LogP contribution >= 0.6 is 0 Å². The zero-order valence-corrected chi connectivity index (χ0v) is 9.21. The van der Waals surface area contributed by atoms with Crippen LogP contribution in [0.1, 0.15) is 13.3 Å². The first-order valence-corrected chi connectivity index (χ1v) is 5.45. The van der Waals surface area contributed by atoms with Crippen LogP contribution in [0, 0.1) is 11.8 Å². The molecule has 4 aliphatic rings. The quantitative estimate of drug-likeness (QED) is 0.619. The molecule has 5 nitrogen and oxygen atoms in total. The van der Waals surface area contributed by atoms with Crippen molar-refractivity contribution >= 4 is 5.97 Å². The average Bonchev–Trinajstić information content (AvgIpc) is 2.27. The second-order valence-corrected chi connectivity index (χ2v) is 4.40. The smallest absolute Gasteiger partial charge is 0.337 e. The largest absolute Gasteiger partial charge is 0.471 e. The van der Waals surface area contributed by atoms with E-state index in [-0.39, 0.29) is 36.5 Å². The van der Waals surface area contributed by atoms with E-state index in [2.05, 4.69) is 0 Å². The number of hydrogen-bond acceptors (Lipinski definition) is 5. The van der Waals surface area contributed by atoms with Gasteiger partial charge in [0.05, 0.1) is 31.0 Å². The Labute approximate surface area is 93.3 Å². The van der Waals surface area contributed by atoms with Gasteiger partial charge in [0, 0.05) is 12.3 Å². The summed E-state index contributed by atoms with van der Waals surface area (Å²) in [5, 5.41) is 0. The number of ether oxygens (including phenoxy) is 4. The molecule has 88 valence electrons. The lowest BCUT2D eigenvalue weighted by molar-refractivity contribution is -0.363. The van der Waals surface area contributed by atoms with Crippen LogP contribution in [0.3, 0.4) is 0 Å². The molecule has 0 aliphatic carbocycles. The predicted octanol–water partition coefficient (Wildman–Crippen LogP) is 0.797. The van der Waals surface area contributed by atoms with Gasteiger partial charge in [-0.3, -0.25) is 0 Å². The summed E-state index contributed by atoms with van der Waals surface area (Å²) in [6.07, 6.45) is 1.70. The van der Waals surface area contributed by atoms with E-state index in [1.165, 1.54) is 13.4 Å². The minimum atomic E-state index is -0.316. The van der Waals surface area contributed by atoms with Crippen molar-refractivity contribution in [2.45, 2.75) is 32.0 Å². The maximum absolute atomic E-state index is 11.6. The van der Waals surface area contributed by atoms with E-state index >= 15 is 0 Å². The number of fused-ring (bicyclic) bond motifs is 1. The van der Waals surface area contributed by atoms with Gasteiger partial charge in [0.25, 0.3) is 0 Å². The van der Waals surface area contributed by atoms with Crippen molar-refractivity contribution in [3.63, 3.8) is 0 Å². The van der Waals surface area contributed by atoms with Crippen LogP contribution < -0.4 is 0 Å². The van der Waals surface area contributed by atoms with Crippen molar-refractivity contribution in [2.24, 2.45) is 11.8 Å². The summed E-state index contributed by atoms with van der Waals surface area (Å²) in [6, 6.07) is 0. The van der Waals surface area contributed by atoms with E-state index in [0.717, 1.165) is 0 Å². The molecule has 0 radical (unpaired) electrons. The van der Waals surface area contributed by atoms with E-state index in [9.17, 15) is 4.79 Å². The van der Waals surface area contributed by atoms with Crippen LogP contribution in [-0.2, 0) is 23.7 Å². The lowest BCUT2D eigenvalue weighted by Gasteiger charge is -2.51. The molecule has 0 amide bonds. The molecule has 0 aromatic rings. The molecule has 0 N–H and O–H groups in total. The number of methoxy groups -OCH3 is 1. The third-order valence-corrected chi connectivity index (χ3v) is 3.57. The van der Waals surface area contributed by atoms with Crippen LogP contribution in [0.25, 0.3) is 0 Å². The molecule has 3 fully saturated rings. The number of hydrogen-bond donors (Lipinski definition) is 0. The Morgan fingerprint density at radius 3 is 3.00 bits per heavy atom. The minimum Gasteiger partial charge on any atom is -0.471 e. The van der Waals surface area contributed by atoms with Gasteiger partial charge in [-0.15, -0.1) is 0 Å². The summed E-state index contributed by atoms with van der Waals surface area (Å²) < 4.78 is 21.3. The molecule has 4 aliphatic heterocycles. The van der Waals surface area contributed by atoms with Gasteiger partial charge in [-0.1, -0.05) is 0 Å². The second kappa shape index (κ2) is 3.46. The Balaban J connectivity index is 1.93. The number of rotatable bonds is 1. The molecule has 5 atom stereocenters. The molecule has 3 saturated heterocycles. The van der Waals surface area contributed by atoms with E-state index < -0.39 is 0 Å². The van der Waals surface area contributed by atoms with E-state index in [4.69, 9.17) is 18.9 Å². The van der Waals surface area contributed by atoms with Crippen LogP contribution in [0.15, 0.2) is 11.8 Å². The van der Waals surface area contributed by atoms with Gasteiger partial charge in [0.2, 0.25) is 6.29 Å². The Kier molecular flexibility index (Phi) is 2.19. The van der Waals surface area contributed by atoms with E-state index in [1.807, 2.05) is 6.92 Å². The predicted molar refractivity (Wildman–Crippen MR) is 52.0 cm³/mol. The van der Waals surface area contributed by atoms with Gasteiger partial charge >= 0.3 is 5.97 Å². The molecule has 4 bridgehead atoms. The molecule has 4 heterocycles. The minimum absolute atomic E-state index is 0.0517. The fourth-order valence-corrected chi connectivity index (χ4v) is 2.82. The zero-order valence-electron chi connectivity index (χ0n) is 9.21. The Morgan fingerprint density at radius 1 is 1.50 bits per heavy atom. The highest BCUT2D eigenvalue weighted by Crippen LogP contribution is 2.47. The third kappa shape index (κ3) is 1.28. The average molecular weight is 226 g/mol. The lowest BCUT2D eigenvalue weighted by Crippen LogP contribution is -2.57. The fourth-order valence-electron chi connectivity index (χ4n) is 2.82. The Morgan fingerprint density at radius 2 is 2.31 bits per heavy atom. The monoisotopic (exact) mass is 226 g/mol. The number of carbonyl (C=O) groups is 1. The van der Waals surface area contributed by atoms with Crippen LogP contribution in [0.5, 0.6) is 0 Å². The van der Waals surface area contributed by atoms with Crippen molar-refractivity contribution in [2.75, 3.05) is 7.11 Å². The lowest BCUT2D eigenvalue weighted by atomic mass is 9.75. The van der Waals surface area contributed by atoms with Gasteiger partial charge in [-0.05, 0) is 6.92 Å². The van der Waals surface area contributed by atoms with Crippen molar-refractivity contribution in [3.8, 4) is 0 Å². The first-order chi connectivity index (χ1) is 7.70. The van der Waals surface area contributed by atoms with Gasteiger partial charge in [0.15, 0.2) is 6.29 Å². The van der Waals surface area contributed by atoms with E-state index in [1.54, 1.807) is 0 Å². The summed E-state index contributed by atoms with van der Waals surface area (Å²) in [5.74, 6) is -0.0963. The first-order valence-electron chi connectivity index (χ1n) is 5.45. The van der Waals surface area contributed by atoms with Gasteiger partial charge in [-0.25, -0.2) is 4.79 Å². The highest BCUT2D eigenvalue weighted by atomic mass is 16.8. The van der Waals surface area contributed by atoms with Gasteiger partial charge in [-0.2, -0.15) is 0 Å². The zero-order chi connectivity index (χ0) is 11.3. The van der Waals surface area contributed by atoms with Crippen LogP contribution in [-0.4, -0.2) is 31.8 Å². The molecule has 0 aromatic heterocycles. The molecular weight excluding hydrogens is 212 g/mol. The summed E-state index contributed by atoms with van der Waals surface area (Å²) in [4.78, 5) is 11.6. The molecule has 0 saturated carbocycles. The summed E-state index contributed by atoms with van der Waals surface area (Å²) in [7, 11) is 1.38. The van der Waals surface area contributed by atoms with E-state index in [0.29, 0.717) is 12.0 Å². The molecule has 4 rings (SSSR count). The molecule has 0 aromatic carbocycles. The third-order valence-electron chi connectivity index (χ3n) is 3.57. The molecule has 0 unspecified atom stereocenters. The highest BCUT2D eigenvalue weighted by molar-refractivity contribution is 5.89. The Hall–Kier alpha value is -1.07. The summed E-state index contributed by atoms with van der Waals surface area (Å²) in [6.45, 7) is 1.99. The van der Waals surface area contributed by atoms with Crippen molar-refractivity contribution in [3.05, 3.63) is 11.8 Å². The van der Waals surface area contributed by atoms with Crippen molar-refractivity contribution in [1.82, 2.24) is 0 Å². The van der Waals surface area contributed by atoms with Crippen LogP contribution in [0.4, 0.5) is 0 Å². The SMILES string of the molecule is COC(=O)C1=CO[C@H]2O[C@H]3C[C@H]1[C@H]2[C@H](C)O3. The normalized spacial score (nSPS) is 44.6. The standard InChI is InChI=1S/C11H14O5/c1-5-9-6-3-8(15-5)16-11(9)14-4-7(6)10(12)13-2/h4-6,8-9,11H,3H2,1-2H3/t5-,6+,8-,9+,11-/m0/s1. The topological polar surface area (TPSA) is 54.0 Å². The molecule has 0 spiro atoms. The first kappa shape index (κ1) is 10.1. The summed E-state index contributed by atoms with van der Waals surface area (Å²) in [5.41, 5.74) is 0.604. The molecule has 16 heavy (non-hydrogen) atoms. The highest BCUT2D eigenvalue weighted by Gasteiger charge is 2.53.